The molecule has 10 nitrogen and oxygen atoms in total. The highest BCUT2D eigenvalue weighted by Gasteiger charge is 2.29. The van der Waals surface area contributed by atoms with E-state index in [1.54, 1.807) is 31.4 Å². The van der Waals surface area contributed by atoms with Crippen LogP contribution >= 0.6 is 0 Å². The molecule has 0 aliphatic carbocycles. The van der Waals surface area contributed by atoms with Crippen molar-refractivity contribution in [2.45, 2.75) is 18.9 Å². The molecule has 0 saturated carbocycles. The Hall–Kier alpha value is -4.21. The first-order valence-electron chi connectivity index (χ1n) is 9.56. The zero-order chi connectivity index (χ0) is 21.8. The molecule has 1 atom stereocenters. The number of methoxy groups -OCH3 is 1. The second-order valence-corrected chi connectivity index (χ2v) is 6.94. The summed E-state index contributed by atoms with van der Waals surface area (Å²) in [6.45, 7) is 0. The van der Waals surface area contributed by atoms with Crippen LogP contribution in [-0.4, -0.2) is 46.1 Å². The zero-order valence-corrected chi connectivity index (χ0v) is 16.6. The number of aromatic nitrogens is 3. The summed E-state index contributed by atoms with van der Waals surface area (Å²) in [6, 6.07) is 13.1. The maximum Gasteiger partial charge on any atom is 0.254 e. The highest BCUT2D eigenvalue weighted by atomic mass is 16.5. The van der Waals surface area contributed by atoms with Crippen molar-refractivity contribution >= 4 is 29.4 Å². The molecule has 158 valence electrons. The van der Waals surface area contributed by atoms with Crippen molar-refractivity contribution in [2.24, 2.45) is 0 Å². The molecule has 2 heterocycles. The third-order valence-corrected chi connectivity index (χ3v) is 4.75. The van der Waals surface area contributed by atoms with Crippen molar-refractivity contribution in [1.29, 1.82) is 0 Å². The molecule has 1 aliphatic heterocycles. The summed E-state index contributed by atoms with van der Waals surface area (Å²) in [6.07, 6.45) is 0.236. The van der Waals surface area contributed by atoms with E-state index in [1.807, 2.05) is 24.3 Å². The monoisotopic (exact) mass is 420 g/mol. The summed E-state index contributed by atoms with van der Waals surface area (Å²) in [4.78, 5) is 41.4. The number of benzene rings is 2. The van der Waals surface area contributed by atoms with E-state index >= 15 is 0 Å². The third kappa shape index (κ3) is 4.69. The van der Waals surface area contributed by atoms with Crippen LogP contribution in [0.5, 0.6) is 5.75 Å². The molecule has 1 unspecified atom stereocenters. The number of hydrogen-bond donors (Lipinski definition) is 4. The number of H-pyrrole nitrogens is 1. The average Bonchev–Trinajstić information content (AvgIpc) is 3.15. The lowest BCUT2D eigenvalue weighted by molar-refractivity contribution is -0.122. The van der Waals surface area contributed by atoms with Gasteiger partial charge in [0.15, 0.2) is 0 Å². The minimum Gasteiger partial charge on any atom is -0.497 e. The number of hydrogen-bond acceptors (Lipinski definition) is 6. The largest absolute Gasteiger partial charge is 0.497 e. The quantitative estimate of drug-likeness (QED) is 0.477. The summed E-state index contributed by atoms with van der Waals surface area (Å²) >= 11 is 0. The molecule has 0 radical (unpaired) electrons. The topological polar surface area (TPSA) is 138 Å². The van der Waals surface area contributed by atoms with E-state index in [-0.39, 0.29) is 12.4 Å². The van der Waals surface area contributed by atoms with Crippen molar-refractivity contribution in [3.8, 4) is 5.75 Å². The van der Waals surface area contributed by atoms with Gasteiger partial charge in [0.25, 0.3) is 5.91 Å². The summed E-state index contributed by atoms with van der Waals surface area (Å²) in [7, 11) is 1.60. The predicted molar refractivity (Wildman–Crippen MR) is 112 cm³/mol. The van der Waals surface area contributed by atoms with Crippen molar-refractivity contribution in [3.05, 3.63) is 65.5 Å². The molecule has 0 saturated heterocycles. The van der Waals surface area contributed by atoms with E-state index in [2.05, 4.69) is 31.1 Å². The summed E-state index contributed by atoms with van der Waals surface area (Å²) < 4.78 is 5.13. The Morgan fingerprint density at radius 2 is 1.90 bits per heavy atom. The summed E-state index contributed by atoms with van der Waals surface area (Å²) in [5, 5.41) is 14.5. The van der Waals surface area contributed by atoms with Gasteiger partial charge < -0.3 is 15.4 Å². The smallest absolute Gasteiger partial charge is 0.254 e. The van der Waals surface area contributed by atoms with Crippen LogP contribution in [0.1, 0.15) is 28.2 Å². The van der Waals surface area contributed by atoms with Crippen LogP contribution in [-0.2, 0) is 16.0 Å². The maximum atomic E-state index is 12.4. The van der Waals surface area contributed by atoms with Crippen LogP contribution in [0.4, 0.5) is 11.6 Å². The number of rotatable bonds is 6. The second-order valence-electron chi connectivity index (χ2n) is 6.94. The first kappa shape index (κ1) is 20.1. The van der Waals surface area contributed by atoms with Gasteiger partial charge in [-0.3, -0.25) is 24.8 Å². The van der Waals surface area contributed by atoms with Crippen molar-refractivity contribution in [1.82, 2.24) is 20.5 Å². The molecular weight excluding hydrogens is 400 g/mol. The van der Waals surface area contributed by atoms with E-state index < -0.39 is 23.8 Å². The lowest BCUT2D eigenvalue weighted by atomic mass is 10.1. The number of nitrogens with one attached hydrogen (secondary N) is 4. The van der Waals surface area contributed by atoms with E-state index in [1.165, 1.54) is 0 Å². The molecule has 3 amide bonds. The Kier molecular flexibility index (Phi) is 5.61. The van der Waals surface area contributed by atoms with E-state index in [0.717, 1.165) is 11.3 Å². The highest BCUT2D eigenvalue weighted by molar-refractivity contribution is 6.11. The van der Waals surface area contributed by atoms with Gasteiger partial charge in [0.05, 0.1) is 24.8 Å². The Balaban J connectivity index is 1.36. The summed E-state index contributed by atoms with van der Waals surface area (Å²) in [5.74, 6) is 0.0250. The van der Waals surface area contributed by atoms with Gasteiger partial charge in [-0.1, -0.05) is 24.3 Å². The molecule has 4 rings (SSSR count). The molecule has 0 spiro atoms. The fourth-order valence-corrected chi connectivity index (χ4v) is 3.18. The van der Waals surface area contributed by atoms with Crippen LogP contribution in [0.2, 0.25) is 0 Å². The number of para-hydroxylation sites is 1. The average molecular weight is 420 g/mol. The Morgan fingerprint density at radius 3 is 2.68 bits per heavy atom. The van der Waals surface area contributed by atoms with Gasteiger partial charge in [-0.2, -0.15) is 4.98 Å². The first-order chi connectivity index (χ1) is 15.0. The Bertz CT molecular complexity index is 1120. The molecule has 4 N–H and O–H groups in total. The SMILES string of the molecule is COc1ccc(Cc2nc(NC(=O)CC3NC(=O)c4ccccc4NC3=O)n[nH]2)cc1. The van der Waals surface area contributed by atoms with Crippen LogP contribution < -0.4 is 20.7 Å². The fourth-order valence-electron chi connectivity index (χ4n) is 3.18. The van der Waals surface area contributed by atoms with Gasteiger partial charge in [-0.05, 0) is 29.8 Å². The molecule has 0 bridgehead atoms. The van der Waals surface area contributed by atoms with E-state index in [9.17, 15) is 14.4 Å². The minimum absolute atomic E-state index is 0.0946. The van der Waals surface area contributed by atoms with Gasteiger partial charge >= 0.3 is 0 Å². The number of carbonyl (C=O) groups excluding carboxylic acids is 3. The molecule has 10 heteroatoms. The molecule has 3 aromatic rings. The van der Waals surface area contributed by atoms with Crippen LogP contribution in [0.25, 0.3) is 0 Å². The number of aromatic amines is 1. The Labute approximate surface area is 177 Å². The van der Waals surface area contributed by atoms with Gasteiger partial charge in [-0.15, -0.1) is 5.10 Å². The van der Waals surface area contributed by atoms with Crippen LogP contribution in [0.15, 0.2) is 48.5 Å². The number of anilines is 2. The fraction of sp³-hybridized carbons (Fsp3) is 0.190. The molecule has 1 aromatic heterocycles. The van der Waals surface area contributed by atoms with Gasteiger partial charge in [0.1, 0.15) is 17.6 Å². The van der Waals surface area contributed by atoms with Crippen molar-refractivity contribution < 1.29 is 19.1 Å². The number of nitrogens with zero attached hydrogens (tertiary/aromatic N) is 2. The van der Waals surface area contributed by atoms with E-state index in [0.29, 0.717) is 23.5 Å². The van der Waals surface area contributed by atoms with Gasteiger partial charge in [0.2, 0.25) is 17.8 Å². The van der Waals surface area contributed by atoms with Crippen LogP contribution in [0.3, 0.4) is 0 Å². The number of carbonyl (C=O) groups is 3. The molecular formula is C21H20N6O4. The normalized spacial score (nSPS) is 15.3. The minimum atomic E-state index is -1.02. The number of fused-ring (bicyclic) bond motifs is 1. The Morgan fingerprint density at radius 1 is 1.13 bits per heavy atom. The molecule has 1 aliphatic rings. The molecule has 0 fully saturated rings. The zero-order valence-electron chi connectivity index (χ0n) is 16.6. The van der Waals surface area contributed by atoms with Gasteiger partial charge in [-0.25, -0.2) is 0 Å². The van der Waals surface area contributed by atoms with Crippen LogP contribution in [0, 0.1) is 0 Å². The number of amides is 3. The number of ether oxygens (including phenoxy) is 1. The molecule has 2 aromatic carbocycles. The second kappa shape index (κ2) is 8.66. The summed E-state index contributed by atoms with van der Waals surface area (Å²) in [5.41, 5.74) is 1.74. The highest BCUT2D eigenvalue weighted by Crippen LogP contribution is 2.19. The first-order valence-corrected chi connectivity index (χ1v) is 9.56. The lowest BCUT2D eigenvalue weighted by Gasteiger charge is -2.13. The van der Waals surface area contributed by atoms with Crippen molar-refractivity contribution in [2.75, 3.05) is 17.7 Å². The lowest BCUT2D eigenvalue weighted by Crippen LogP contribution is -2.43. The standard InChI is InChI=1S/C21H20N6O4/c1-31-13-8-6-12(7-9-13)10-17-24-21(27-26-17)25-18(28)11-16-20(30)22-15-5-3-2-4-14(15)19(29)23-16/h2-9,16H,10-11H2,1H3,(H,22,30)(H,23,29)(H2,24,25,26,27,28). The third-order valence-electron chi connectivity index (χ3n) is 4.75. The van der Waals surface area contributed by atoms with E-state index in [4.69, 9.17) is 4.74 Å². The van der Waals surface area contributed by atoms with Crippen molar-refractivity contribution in [3.63, 3.8) is 0 Å². The maximum absolute atomic E-state index is 12.4. The predicted octanol–water partition coefficient (Wildman–Crippen LogP) is 1.48. The van der Waals surface area contributed by atoms with Gasteiger partial charge in [0, 0.05) is 6.42 Å². The molecule has 31 heavy (non-hydrogen) atoms.